The van der Waals surface area contributed by atoms with Gasteiger partial charge in [0.15, 0.2) is 5.71 Å². The summed E-state index contributed by atoms with van der Waals surface area (Å²) in [5.74, 6) is -2.40. The number of nitrogens with zero attached hydrogens (tertiary/aromatic N) is 1. The van der Waals surface area contributed by atoms with E-state index in [4.69, 9.17) is 18.5 Å². The highest BCUT2D eigenvalue weighted by Crippen LogP contribution is 2.67. The van der Waals surface area contributed by atoms with Crippen LogP contribution in [0, 0.1) is 0 Å². The number of carbonyl (C=O) groups is 2. The topological polar surface area (TPSA) is 113 Å². The van der Waals surface area contributed by atoms with E-state index in [0.717, 1.165) is 0 Å². The van der Waals surface area contributed by atoms with Gasteiger partial charge in [-0.2, -0.15) is 5.10 Å². The molecule has 0 saturated heterocycles. The van der Waals surface area contributed by atoms with Crippen LogP contribution in [0.25, 0.3) is 0 Å². The fourth-order valence-corrected chi connectivity index (χ4v) is 5.46. The van der Waals surface area contributed by atoms with Crippen LogP contribution >= 0.6 is 7.60 Å². The molecule has 0 amide bonds. The average Bonchev–Trinajstić information content (AvgIpc) is 3.06. The van der Waals surface area contributed by atoms with Gasteiger partial charge in [-0.1, -0.05) is 18.2 Å². The molecule has 0 unspecified atom stereocenters. The van der Waals surface area contributed by atoms with Crippen LogP contribution in [0.4, 0.5) is 0 Å². The van der Waals surface area contributed by atoms with Gasteiger partial charge in [0.1, 0.15) is 5.75 Å². The molecule has 0 bridgehead atoms. The molecule has 146 valence electrons. The number of hydrogen-bond donors (Lipinski definition) is 1. The van der Waals surface area contributed by atoms with E-state index in [1.54, 1.807) is 45.0 Å². The maximum atomic E-state index is 13.7. The molecule has 1 aromatic rings. The normalized spacial score (nSPS) is 23.6. The minimum absolute atomic E-state index is 0.0249. The summed E-state index contributed by atoms with van der Waals surface area (Å²) < 4.78 is 35.0. The monoisotopic (exact) mass is 396 g/mol. The van der Waals surface area contributed by atoms with Gasteiger partial charge >= 0.3 is 19.5 Å². The van der Waals surface area contributed by atoms with Gasteiger partial charge in [-0.05, 0) is 26.8 Å². The van der Waals surface area contributed by atoms with E-state index >= 15 is 0 Å². The van der Waals surface area contributed by atoms with Gasteiger partial charge in [0.05, 0.1) is 25.7 Å². The van der Waals surface area contributed by atoms with Crippen molar-refractivity contribution in [2.75, 3.05) is 19.8 Å². The van der Waals surface area contributed by atoms with Crippen LogP contribution in [0.5, 0.6) is 5.75 Å². The van der Waals surface area contributed by atoms with Crippen LogP contribution in [0.1, 0.15) is 32.3 Å². The molecule has 0 fully saturated rings. The molecule has 1 aromatic carbocycles. The summed E-state index contributed by atoms with van der Waals surface area (Å²) in [6.45, 7) is 5.08. The summed E-state index contributed by atoms with van der Waals surface area (Å²) in [6.07, 6.45) is 0. The van der Waals surface area contributed by atoms with Crippen molar-refractivity contribution < 1.29 is 32.7 Å². The lowest BCUT2D eigenvalue weighted by atomic mass is 9.85. The molecule has 0 spiro atoms. The van der Waals surface area contributed by atoms with E-state index in [0.29, 0.717) is 5.56 Å². The van der Waals surface area contributed by atoms with Gasteiger partial charge in [-0.3, -0.25) is 9.99 Å². The Morgan fingerprint density at radius 2 is 1.89 bits per heavy atom. The number of nitrogens with one attached hydrogen (secondary N) is 1. The van der Waals surface area contributed by atoms with Crippen molar-refractivity contribution in [3.8, 4) is 5.75 Å². The lowest BCUT2D eigenvalue weighted by Gasteiger charge is -2.40. The van der Waals surface area contributed by atoms with Crippen molar-refractivity contribution in [2.45, 2.75) is 32.0 Å². The van der Waals surface area contributed by atoms with E-state index in [9.17, 15) is 14.2 Å². The third kappa shape index (κ3) is 2.86. The molecule has 0 aliphatic carbocycles. The first-order valence-corrected chi connectivity index (χ1v) is 10.2. The zero-order valence-electron chi connectivity index (χ0n) is 15.3. The zero-order valence-corrected chi connectivity index (χ0v) is 16.2. The number of hydrazone groups is 1. The Morgan fingerprint density at radius 1 is 1.22 bits per heavy atom. The molecular formula is C17H21N2O7P. The van der Waals surface area contributed by atoms with E-state index in [1.165, 1.54) is 0 Å². The Kier molecular flexibility index (Phi) is 5.37. The number of benzene rings is 1. The summed E-state index contributed by atoms with van der Waals surface area (Å²) in [7, 11) is -4.14. The van der Waals surface area contributed by atoms with E-state index in [2.05, 4.69) is 10.5 Å². The molecule has 1 N–H and O–H groups in total. The summed E-state index contributed by atoms with van der Waals surface area (Å²) in [6, 6.07) is 6.67. The second-order valence-corrected chi connectivity index (χ2v) is 8.01. The fraction of sp³-hybridized carbons (Fsp3) is 0.471. The standard InChI is InChI=1S/C17H21N2O7P/c1-4-23-15(20)14-13-11-9-7-8-10-12(11)26-16(21)17(13,19-18-14)27(22,24-5-2)25-6-3/h7-10,13,19H,4-6H2,1-3H3/t13-,17-/m1/s1. The van der Waals surface area contributed by atoms with Crippen molar-refractivity contribution in [1.82, 2.24) is 5.43 Å². The molecule has 3 rings (SSSR count). The molecule has 2 atom stereocenters. The molecule has 2 aliphatic heterocycles. The second-order valence-electron chi connectivity index (χ2n) is 5.79. The first kappa shape index (κ1) is 19.5. The van der Waals surface area contributed by atoms with Crippen LogP contribution in [-0.2, 0) is 27.9 Å². The SMILES string of the molecule is CCOC(=O)C1=NN[C@]2(P(=O)(OCC)OCC)C(=O)Oc3ccccc3[C@H]12. The Labute approximate surface area is 156 Å². The van der Waals surface area contributed by atoms with Crippen LogP contribution in [-0.4, -0.2) is 42.8 Å². The number of hydrogen-bond acceptors (Lipinski definition) is 9. The maximum Gasteiger partial charge on any atom is 0.369 e. The van der Waals surface area contributed by atoms with Crippen LogP contribution < -0.4 is 10.2 Å². The Morgan fingerprint density at radius 3 is 2.52 bits per heavy atom. The van der Waals surface area contributed by atoms with E-state index < -0.39 is 30.7 Å². The van der Waals surface area contributed by atoms with Crippen LogP contribution in [0.15, 0.2) is 29.4 Å². The van der Waals surface area contributed by atoms with Crippen molar-refractivity contribution in [3.63, 3.8) is 0 Å². The maximum absolute atomic E-state index is 13.7. The molecular weight excluding hydrogens is 375 g/mol. The quantitative estimate of drug-likeness (QED) is 0.424. The minimum atomic E-state index is -4.14. The third-order valence-electron chi connectivity index (χ3n) is 4.30. The van der Waals surface area contributed by atoms with Crippen LogP contribution in [0.3, 0.4) is 0 Å². The molecule has 27 heavy (non-hydrogen) atoms. The Balaban J connectivity index is 2.22. The van der Waals surface area contributed by atoms with Crippen molar-refractivity contribution in [1.29, 1.82) is 0 Å². The molecule has 10 heteroatoms. The number of rotatable bonds is 7. The first-order valence-electron chi connectivity index (χ1n) is 8.67. The number of carbonyl (C=O) groups excluding carboxylic acids is 2. The van der Waals surface area contributed by atoms with E-state index in [1.807, 2.05) is 0 Å². The van der Waals surface area contributed by atoms with Gasteiger partial charge in [-0.15, -0.1) is 0 Å². The zero-order chi connectivity index (χ0) is 19.7. The number of fused-ring (bicyclic) bond motifs is 3. The molecule has 2 aliphatic rings. The summed E-state index contributed by atoms with van der Waals surface area (Å²) in [4.78, 5) is 25.5. The van der Waals surface area contributed by atoms with Gasteiger partial charge in [0, 0.05) is 5.56 Å². The van der Waals surface area contributed by atoms with Gasteiger partial charge < -0.3 is 18.5 Å². The number of esters is 2. The van der Waals surface area contributed by atoms with Gasteiger partial charge in [0.2, 0.25) is 0 Å². The highest BCUT2D eigenvalue weighted by Gasteiger charge is 2.71. The summed E-state index contributed by atoms with van der Waals surface area (Å²) in [5, 5.41) is 2.01. The van der Waals surface area contributed by atoms with Crippen molar-refractivity contribution >= 4 is 25.2 Å². The number of para-hydroxylation sites is 1. The summed E-state index contributed by atoms with van der Waals surface area (Å²) >= 11 is 0. The Bertz CT molecular complexity index is 830. The smallest absolute Gasteiger partial charge is 0.369 e. The minimum Gasteiger partial charge on any atom is -0.461 e. The molecule has 0 aromatic heterocycles. The van der Waals surface area contributed by atoms with E-state index in [-0.39, 0.29) is 31.3 Å². The Hall–Kier alpha value is -2.22. The highest BCUT2D eigenvalue weighted by atomic mass is 31.2. The predicted molar refractivity (Wildman–Crippen MR) is 95.6 cm³/mol. The molecule has 9 nitrogen and oxygen atoms in total. The number of ether oxygens (including phenoxy) is 2. The van der Waals surface area contributed by atoms with Gasteiger partial charge in [-0.25, -0.2) is 9.59 Å². The average molecular weight is 396 g/mol. The largest absolute Gasteiger partial charge is 0.461 e. The fourth-order valence-electron chi connectivity index (χ4n) is 3.28. The second kappa shape index (κ2) is 7.42. The van der Waals surface area contributed by atoms with Gasteiger partial charge in [0.25, 0.3) is 5.28 Å². The van der Waals surface area contributed by atoms with Crippen molar-refractivity contribution in [3.05, 3.63) is 29.8 Å². The lowest BCUT2D eigenvalue weighted by Crippen LogP contribution is -2.57. The lowest BCUT2D eigenvalue weighted by molar-refractivity contribution is -0.140. The first-order chi connectivity index (χ1) is 12.9. The van der Waals surface area contributed by atoms with Crippen molar-refractivity contribution in [2.24, 2.45) is 5.10 Å². The molecule has 0 radical (unpaired) electrons. The third-order valence-corrected chi connectivity index (χ3v) is 6.90. The predicted octanol–water partition coefficient (Wildman–Crippen LogP) is 2.17. The molecule has 2 heterocycles. The summed E-state index contributed by atoms with van der Waals surface area (Å²) in [5.41, 5.74) is 2.95. The van der Waals surface area contributed by atoms with Crippen LogP contribution in [0.2, 0.25) is 0 Å². The highest BCUT2D eigenvalue weighted by molar-refractivity contribution is 7.57. The molecule has 0 saturated carbocycles.